The highest BCUT2D eigenvalue weighted by molar-refractivity contribution is 6.03. The van der Waals surface area contributed by atoms with E-state index in [1.165, 1.54) is 25.4 Å². The summed E-state index contributed by atoms with van der Waals surface area (Å²) < 4.78 is 61.9. The van der Waals surface area contributed by atoms with Crippen LogP contribution >= 0.6 is 0 Å². The van der Waals surface area contributed by atoms with Crippen LogP contribution in [-0.2, 0) is 0 Å². The van der Waals surface area contributed by atoms with Gasteiger partial charge in [0.05, 0.1) is 18.0 Å². The number of carbonyl (C=O) groups excluding carboxylic acids is 1. The normalized spacial score (nSPS) is 20.3. The van der Waals surface area contributed by atoms with Crippen molar-refractivity contribution in [2.24, 2.45) is 5.73 Å². The highest BCUT2D eigenvalue weighted by atomic mass is 19.3. The zero-order valence-corrected chi connectivity index (χ0v) is 16.9. The third-order valence-corrected chi connectivity index (χ3v) is 5.91. The van der Waals surface area contributed by atoms with Gasteiger partial charge in [-0.25, -0.2) is 13.2 Å². The van der Waals surface area contributed by atoms with Gasteiger partial charge in [0.1, 0.15) is 5.69 Å². The van der Waals surface area contributed by atoms with Crippen molar-refractivity contribution in [1.82, 2.24) is 9.97 Å². The molecular formula is C22H19F4N3O3. The largest absolute Gasteiger partial charge is 0.493 e. The van der Waals surface area contributed by atoms with Crippen LogP contribution in [0.4, 0.5) is 17.6 Å². The number of nitrogens with zero attached hydrogens (tertiary/aromatic N) is 1. The van der Waals surface area contributed by atoms with Gasteiger partial charge in [0.25, 0.3) is 5.91 Å². The molecule has 1 aliphatic rings. The fourth-order valence-corrected chi connectivity index (χ4v) is 4.49. The Balaban J connectivity index is 1.89. The minimum atomic E-state index is -3.02. The average molecular weight is 449 g/mol. The summed E-state index contributed by atoms with van der Waals surface area (Å²) in [5.41, 5.74) is 5.07. The number of nitrogens with one attached hydrogen (secondary N) is 1. The fraction of sp³-hybridized carbons (Fsp3) is 0.318. The second kappa shape index (κ2) is 7.92. The fourth-order valence-electron chi connectivity index (χ4n) is 4.49. The van der Waals surface area contributed by atoms with Crippen LogP contribution in [0.5, 0.6) is 5.75 Å². The lowest BCUT2D eigenvalue weighted by Crippen LogP contribution is -2.31. The molecule has 2 aromatic heterocycles. The molecule has 1 aromatic carbocycles. The number of rotatable bonds is 4. The summed E-state index contributed by atoms with van der Waals surface area (Å²) in [6.45, 7) is 0. The van der Waals surface area contributed by atoms with Crippen molar-refractivity contribution in [3.05, 3.63) is 69.3 Å². The third-order valence-electron chi connectivity index (χ3n) is 5.91. The molecule has 4 rings (SSSR count). The van der Waals surface area contributed by atoms with Crippen LogP contribution in [0.1, 0.15) is 52.8 Å². The number of pyridine rings is 2. The zero-order chi connectivity index (χ0) is 23.2. The summed E-state index contributed by atoms with van der Waals surface area (Å²) in [4.78, 5) is 31.2. The number of alkyl halides is 2. The smallest absolute Gasteiger partial charge is 0.268 e. The van der Waals surface area contributed by atoms with Gasteiger partial charge < -0.3 is 15.5 Å². The number of halogens is 4. The zero-order valence-electron chi connectivity index (χ0n) is 16.9. The molecule has 0 radical (unpaired) electrons. The Morgan fingerprint density at radius 1 is 1.25 bits per heavy atom. The Hall–Kier alpha value is -3.43. The first-order valence-electron chi connectivity index (χ1n) is 9.84. The summed E-state index contributed by atoms with van der Waals surface area (Å²) in [7, 11) is 1.17. The highest BCUT2D eigenvalue weighted by Crippen LogP contribution is 2.51. The first-order chi connectivity index (χ1) is 15.1. The van der Waals surface area contributed by atoms with E-state index in [-0.39, 0.29) is 40.0 Å². The molecule has 0 unspecified atom stereocenters. The van der Waals surface area contributed by atoms with Crippen molar-refractivity contribution in [3.8, 4) is 5.75 Å². The number of hydrogen-bond donors (Lipinski definition) is 2. The molecule has 0 saturated heterocycles. The molecule has 0 spiro atoms. The summed E-state index contributed by atoms with van der Waals surface area (Å²) in [5.74, 6) is -8.20. The van der Waals surface area contributed by atoms with Crippen molar-refractivity contribution < 1.29 is 27.1 Å². The van der Waals surface area contributed by atoms with E-state index in [1.807, 2.05) is 0 Å². The van der Waals surface area contributed by atoms with Crippen LogP contribution in [0.2, 0.25) is 0 Å². The molecule has 1 amide bonds. The second-order valence-corrected chi connectivity index (χ2v) is 7.83. The van der Waals surface area contributed by atoms with E-state index < -0.39 is 53.6 Å². The van der Waals surface area contributed by atoms with Gasteiger partial charge in [0.2, 0.25) is 11.7 Å². The minimum Gasteiger partial charge on any atom is -0.493 e. The number of fused-ring (bicyclic) bond motifs is 1. The molecule has 1 aliphatic carbocycles. The number of ether oxygens (including phenoxy) is 1. The molecule has 32 heavy (non-hydrogen) atoms. The maximum Gasteiger partial charge on any atom is 0.268 e. The van der Waals surface area contributed by atoms with Crippen molar-refractivity contribution in [2.45, 2.75) is 37.0 Å². The van der Waals surface area contributed by atoms with Gasteiger partial charge >= 0.3 is 0 Å². The Bertz CT molecular complexity index is 1280. The SMILES string of the molecule is COc1c([C@H]2CCC(F)(F)C[C@@H]2c2cc(=O)c3c(C(N)=O)nccc3[nH]2)ccc(F)c1F. The number of hydrogen-bond acceptors (Lipinski definition) is 4. The molecule has 6 nitrogen and oxygen atoms in total. The Kier molecular flexibility index (Phi) is 5.39. The maximum absolute atomic E-state index is 14.4. The number of H-pyrrole nitrogens is 1. The van der Waals surface area contributed by atoms with Crippen molar-refractivity contribution in [1.29, 1.82) is 0 Å². The number of aromatic amines is 1. The van der Waals surface area contributed by atoms with Crippen LogP contribution in [0, 0.1) is 11.6 Å². The average Bonchev–Trinajstić information content (AvgIpc) is 2.74. The van der Waals surface area contributed by atoms with E-state index in [0.717, 1.165) is 12.1 Å². The van der Waals surface area contributed by atoms with Gasteiger partial charge in [-0.3, -0.25) is 14.6 Å². The highest BCUT2D eigenvalue weighted by Gasteiger charge is 2.44. The summed E-state index contributed by atoms with van der Waals surface area (Å²) in [6.07, 6.45) is 0.161. The third kappa shape index (κ3) is 3.69. The van der Waals surface area contributed by atoms with Crippen molar-refractivity contribution >= 4 is 16.8 Å². The number of carbonyl (C=O) groups is 1. The maximum atomic E-state index is 14.4. The Morgan fingerprint density at radius 3 is 2.69 bits per heavy atom. The number of amides is 1. The van der Waals surface area contributed by atoms with E-state index in [9.17, 15) is 27.2 Å². The number of primary amides is 1. The standard InChI is InChI=1S/C22H19F4N3O3/c1-32-20-11(2-3-13(23)18(20)24)10-4-6-22(25,26)9-12(10)15-8-16(30)17-14(29-15)5-7-28-19(17)21(27)31/h2-3,5,7-8,10,12H,4,6,9H2,1H3,(H2,27,31)(H,29,30)/t10-,12+/m1/s1. The van der Waals surface area contributed by atoms with Crippen LogP contribution in [0.25, 0.3) is 10.9 Å². The van der Waals surface area contributed by atoms with Crippen molar-refractivity contribution in [2.75, 3.05) is 7.11 Å². The van der Waals surface area contributed by atoms with Gasteiger partial charge in [-0.1, -0.05) is 6.07 Å². The minimum absolute atomic E-state index is 0.0396. The van der Waals surface area contributed by atoms with Crippen LogP contribution in [-0.4, -0.2) is 28.9 Å². The van der Waals surface area contributed by atoms with Gasteiger partial charge in [-0.2, -0.15) is 4.39 Å². The number of benzene rings is 1. The Morgan fingerprint density at radius 2 is 2.00 bits per heavy atom. The van der Waals surface area contributed by atoms with E-state index in [2.05, 4.69) is 9.97 Å². The number of methoxy groups -OCH3 is 1. The quantitative estimate of drug-likeness (QED) is 0.589. The van der Waals surface area contributed by atoms with E-state index >= 15 is 0 Å². The monoisotopic (exact) mass is 449 g/mol. The molecule has 2 heterocycles. The van der Waals surface area contributed by atoms with Crippen LogP contribution in [0.3, 0.4) is 0 Å². The van der Waals surface area contributed by atoms with E-state index in [0.29, 0.717) is 0 Å². The summed E-state index contributed by atoms with van der Waals surface area (Å²) in [5, 5.41) is -0.0479. The molecule has 10 heteroatoms. The predicted molar refractivity (Wildman–Crippen MR) is 108 cm³/mol. The topological polar surface area (TPSA) is 98.1 Å². The van der Waals surface area contributed by atoms with Gasteiger partial charge in [-0.05, 0) is 24.5 Å². The van der Waals surface area contributed by atoms with Gasteiger partial charge in [-0.15, -0.1) is 0 Å². The molecule has 0 bridgehead atoms. The summed E-state index contributed by atoms with van der Waals surface area (Å²) >= 11 is 0. The first-order valence-corrected chi connectivity index (χ1v) is 9.84. The predicted octanol–water partition coefficient (Wildman–Crippen LogP) is 4.00. The molecule has 3 N–H and O–H groups in total. The lowest BCUT2D eigenvalue weighted by molar-refractivity contribution is -0.0466. The first kappa shape index (κ1) is 21.8. The molecule has 2 atom stereocenters. The lowest BCUT2D eigenvalue weighted by atomic mass is 9.72. The number of aromatic nitrogens is 2. The molecular weight excluding hydrogens is 430 g/mol. The molecule has 1 fully saturated rings. The van der Waals surface area contributed by atoms with E-state index in [1.54, 1.807) is 0 Å². The molecule has 3 aromatic rings. The Labute approximate surface area is 179 Å². The lowest BCUT2D eigenvalue weighted by Gasteiger charge is -2.37. The molecule has 1 saturated carbocycles. The van der Waals surface area contributed by atoms with Gasteiger partial charge in [0.15, 0.2) is 17.0 Å². The molecule has 0 aliphatic heterocycles. The van der Waals surface area contributed by atoms with Gasteiger partial charge in [0, 0.05) is 42.3 Å². The summed E-state index contributed by atoms with van der Waals surface area (Å²) in [6, 6.07) is 4.79. The second-order valence-electron chi connectivity index (χ2n) is 7.83. The van der Waals surface area contributed by atoms with Crippen molar-refractivity contribution in [3.63, 3.8) is 0 Å². The van der Waals surface area contributed by atoms with E-state index in [4.69, 9.17) is 10.5 Å². The number of nitrogens with two attached hydrogens (primary N) is 1. The van der Waals surface area contributed by atoms with Crippen LogP contribution < -0.4 is 15.9 Å². The molecule has 168 valence electrons. The van der Waals surface area contributed by atoms with Crippen LogP contribution in [0.15, 0.2) is 35.3 Å².